The van der Waals surface area contributed by atoms with E-state index < -0.39 is 11.7 Å². The van der Waals surface area contributed by atoms with E-state index in [4.69, 9.17) is 11.6 Å². The van der Waals surface area contributed by atoms with Crippen molar-refractivity contribution in [3.8, 4) is 11.4 Å². The largest absolute Gasteiger partial charge is 0.366 e. The van der Waals surface area contributed by atoms with E-state index in [2.05, 4.69) is 15.5 Å². The van der Waals surface area contributed by atoms with Crippen molar-refractivity contribution in [1.29, 1.82) is 0 Å². The minimum absolute atomic E-state index is 0.0378. The molecule has 0 unspecified atom stereocenters. The van der Waals surface area contributed by atoms with E-state index in [0.717, 1.165) is 11.8 Å². The van der Waals surface area contributed by atoms with Crippen molar-refractivity contribution in [3.05, 3.63) is 59.9 Å². The van der Waals surface area contributed by atoms with E-state index in [9.17, 15) is 14.0 Å². The lowest BCUT2D eigenvalue weighted by atomic mass is 10.2. The number of anilines is 1. The Bertz CT molecular complexity index is 989. The second kappa shape index (κ2) is 7.87. The van der Waals surface area contributed by atoms with Crippen LogP contribution in [0.15, 0.2) is 53.7 Å². The average molecular weight is 386 g/mol. The Hall–Kier alpha value is -3.40. The molecule has 0 bridgehead atoms. The van der Waals surface area contributed by atoms with Gasteiger partial charge in [0.1, 0.15) is 5.82 Å². The zero-order valence-corrected chi connectivity index (χ0v) is 14.7. The van der Waals surface area contributed by atoms with E-state index in [0.29, 0.717) is 27.8 Å². The topological polar surface area (TPSA) is 129 Å². The molecule has 3 rings (SSSR count). The first-order valence-corrected chi connectivity index (χ1v) is 8.71. The van der Waals surface area contributed by atoms with Crippen LogP contribution in [0.5, 0.6) is 0 Å². The van der Waals surface area contributed by atoms with Crippen LogP contribution in [-0.4, -0.2) is 32.4 Å². The normalized spacial score (nSPS) is 10.6. The van der Waals surface area contributed by atoms with Crippen LogP contribution in [0.25, 0.3) is 11.4 Å². The van der Waals surface area contributed by atoms with Crippen molar-refractivity contribution in [2.45, 2.75) is 5.16 Å². The quantitative estimate of drug-likeness (QED) is 0.436. The lowest BCUT2D eigenvalue weighted by Gasteiger charge is -2.06. The number of nitrogens with one attached hydrogen (secondary N) is 1. The van der Waals surface area contributed by atoms with Gasteiger partial charge < -0.3 is 16.9 Å². The molecule has 138 valence electrons. The van der Waals surface area contributed by atoms with Crippen LogP contribution in [-0.2, 0) is 4.79 Å². The fraction of sp³-hybridized carbons (Fsp3) is 0.0588. The van der Waals surface area contributed by atoms with Crippen molar-refractivity contribution in [3.63, 3.8) is 0 Å². The van der Waals surface area contributed by atoms with Gasteiger partial charge >= 0.3 is 0 Å². The molecular weight excluding hydrogens is 371 g/mol. The van der Waals surface area contributed by atoms with Crippen molar-refractivity contribution in [2.24, 2.45) is 5.73 Å². The highest BCUT2D eigenvalue weighted by molar-refractivity contribution is 7.99. The summed E-state index contributed by atoms with van der Waals surface area (Å²) in [6.07, 6.45) is 0. The Morgan fingerprint density at radius 3 is 2.56 bits per heavy atom. The van der Waals surface area contributed by atoms with Crippen LogP contribution in [0.1, 0.15) is 10.4 Å². The molecule has 1 aromatic heterocycles. The molecule has 0 atom stereocenters. The summed E-state index contributed by atoms with van der Waals surface area (Å²) in [5.41, 5.74) is 6.53. The molecule has 0 aliphatic carbocycles. The summed E-state index contributed by atoms with van der Waals surface area (Å²) in [7, 11) is 0. The van der Waals surface area contributed by atoms with E-state index >= 15 is 0 Å². The van der Waals surface area contributed by atoms with Gasteiger partial charge in [0.05, 0.1) is 5.75 Å². The Labute approximate surface area is 157 Å². The van der Waals surface area contributed by atoms with Gasteiger partial charge in [-0.1, -0.05) is 23.9 Å². The van der Waals surface area contributed by atoms with Gasteiger partial charge in [-0.05, 0) is 36.4 Å². The predicted octanol–water partition coefficient (Wildman–Crippen LogP) is 1.63. The summed E-state index contributed by atoms with van der Waals surface area (Å²) in [6, 6.07) is 12.0. The van der Waals surface area contributed by atoms with Crippen LogP contribution in [0.3, 0.4) is 0 Å². The molecule has 10 heteroatoms. The van der Waals surface area contributed by atoms with Gasteiger partial charge in [-0.25, -0.2) is 9.07 Å². The van der Waals surface area contributed by atoms with Crippen LogP contribution >= 0.6 is 11.8 Å². The minimum atomic E-state index is -0.542. The average Bonchev–Trinajstić information content (AvgIpc) is 3.01. The summed E-state index contributed by atoms with van der Waals surface area (Å²) in [6.45, 7) is 0. The number of hydrogen-bond donors (Lipinski definition) is 3. The number of benzene rings is 2. The highest BCUT2D eigenvalue weighted by atomic mass is 32.2. The first-order chi connectivity index (χ1) is 12.9. The third-order valence-electron chi connectivity index (χ3n) is 3.53. The molecule has 2 amide bonds. The third-order valence-corrected chi connectivity index (χ3v) is 4.48. The number of carbonyl (C=O) groups is 2. The second-order valence-electron chi connectivity index (χ2n) is 5.46. The predicted molar refractivity (Wildman–Crippen MR) is 99.9 cm³/mol. The summed E-state index contributed by atoms with van der Waals surface area (Å²) in [5, 5.41) is 10.9. The fourth-order valence-electron chi connectivity index (χ4n) is 2.24. The standard InChI is InChI=1S/C17H15FN6O2S/c18-12-3-1-2-11(8-12)16-22-23-17(24(16)20)27-9-14(25)21-13-6-4-10(5-7-13)15(19)26/h1-8H,9,20H2,(H2,19,26)(H,21,25). The summed E-state index contributed by atoms with van der Waals surface area (Å²) in [4.78, 5) is 23.1. The van der Waals surface area contributed by atoms with E-state index in [-0.39, 0.29) is 11.7 Å². The highest BCUT2D eigenvalue weighted by Gasteiger charge is 2.14. The van der Waals surface area contributed by atoms with Crippen LogP contribution in [0, 0.1) is 5.82 Å². The minimum Gasteiger partial charge on any atom is -0.366 e. The number of thioether (sulfide) groups is 1. The third kappa shape index (κ3) is 4.42. The number of primary amides is 1. The first kappa shape index (κ1) is 18.4. The highest BCUT2D eigenvalue weighted by Crippen LogP contribution is 2.22. The van der Waals surface area contributed by atoms with Gasteiger partial charge in [0, 0.05) is 16.8 Å². The van der Waals surface area contributed by atoms with Gasteiger partial charge in [-0.2, -0.15) is 0 Å². The monoisotopic (exact) mass is 386 g/mol. The van der Waals surface area contributed by atoms with Crippen molar-refractivity contribution >= 4 is 29.3 Å². The maximum atomic E-state index is 13.3. The number of halogens is 1. The summed E-state index contributed by atoms with van der Waals surface area (Å²) < 4.78 is 14.5. The molecule has 0 aliphatic heterocycles. The number of nitrogens with two attached hydrogens (primary N) is 2. The molecule has 0 aliphatic rings. The molecule has 8 nitrogen and oxygen atoms in total. The van der Waals surface area contributed by atoms with Gasteiger partial charge in [0.2, 0.25) is 17.0 Å². The van der Waals surface area contributed by atoms with Crippen LogP contribution < -0.4 is 16.9 Å². The van der Waals surface area contributed by atoms with Gasteiger partial charge in [-0.15, -0.1) is 10.2 Å². The van der Waals surface area contributed by atoms with Crippen molar-refractivity contribution < 1.29 is 14.0 Å². The Morgan fingerprint density at radius 2 is 1.89 bits per heavy atom. The second-order valence-corrected chi connectivity index (χ2v) is 6.41. The molecule has 0 saturated heterocycles. The Balaban J connectivity index is 1.61. The number of rotatable bonds is 6. The van der Waals surface area contributed by atoms with E-state index in [1.54, 1.807) is 24.3 Å². The number of carbonyl (C=O) groups excluding carboxylic acids is 2. The molecule has 0 spiro atoms. The van der Waals surface area contributed by atoms with E-state index in [1.807, 2.05) is 0 Å². The molecule has 3 aromatic rings. The molecule has 0 radical (unpaired) electrons. The smallest absolute Gasteiger partial charge is 0.248 e. The maximum Gasteiger partial charge on any atom is 0.248 e. The number of aromatic nitrogens is 3. The number of nitrogens with zero attached hydrogens (tertiary/aromatic N) is 3. The summed E-state index contributed by atoms with van der Waals surface area (Å²) >= 11 is 1.09. The maximum absolute atomic E-state index is 13.3. The number of amides is 2. The first-order valence-electron chi connectivity index (χ1n) is 7.73. The lowest BCUT2D eigenvalue weighted by molar-refractivity contribution is -0.113. The SMILES string of the molecule is NC(=O)c1ccc(NC(=O)CSc2nnc(-c3cccc(F)c3)n2N)cc1. The number of nitrogen functional groups attached to an aromatic ring is 1. The van der Waals surface area contributed by atoms with Gasteiger partial charge in [-0.3, -0.25) is 9.59 Å². The summed E-state index contributed by atoms with van der Waals surface area (Å²) in [5.74, 6) is 5.03. The molecule has 0 saturated carbocycles. The lowest BCUT2D eigenvalue weighted by Crippen LogP contribution is -2.16. The molecule has 5 N–H and O–H groups in total. The Morgan fingerprint density at radius 1 is 1.15 bits per heavy atom. The molecule has 2 aromatic carbocycles. The molecule has 1 heterocycles. The zero-order chi connectivity index (χ0) is 19.4. The zero-order valence-electron chi connectivity index (χ0n) is 13.9. The molecule has 0 fully saturated rings. The fourth-order valence-corrected chi connectivity index (χ4v) is 2.90. The van der Waals surface area contributed by atoms with Crippen molar-refractivity contribution in [2.75, 3.05) is 16.9 Å². The molecule has 27 heavy (non-hydrogen) atoms. The number of hydrogen-bond acceptors (Lipinski definition) is 6. The van der Waals surface area contributed by atoms with Gasteiger partial charge in [0.25, 0.3) is 0 Å². The van der Waals surface area contributed by atoms with Crippen LogP contribution in [0.2, 0.25) is 0 Å². The Kier molecular flexibility index (Phi) is 5.36. The molecular formula is C17H15FN6O2S. The van der Waals surface area contributed by atoms with Crippen molar-refractivity contribution in [1.82, 2.24) is 14.9 Å². The van der Waals surface area contributed by atoms with Gasteiger partial charge in [0.15, 0.2) is 5.82 Å². The van der Waals surface area contributed by atoms with Crippen LogP contribution in [0.4, 0.5) is 10.1 Å². The van der Waals surface area contributed by atoms with E-state index in [1.165, 1.54) is 28.9 Å².